The van der Waals surface area contributed by atoms with E-state index in [9.17, 15) is 4.79 Å². The second-order valence-corrected chi connectivity index (χ2v) is 4.58. The third kappa shape index (κ3) is 2.26. The first-order valence-corrected chi connectivity index (χ1v) is 6.75. The summed E-state index contributed by atoms with van der Waals surface area (Å²) in [4.78, 5) is 19.9. The van der Waals surface area contributed by atoms with Gasteiger partial charge < -0.3 is 14.5 Å². The van der Waals surface area contributed by atoms with Gasteiger partial charge in [0.15, 0.2) is 5.65 Å². The van der Waals surface area contributed by atoms with E-state index < -0.39 is 0 Å². The molecule has 1 amide bonds. The van der Waals surface area contributed by atoms with Gasteiger partial charge in [0.2, 0.25) is 0 Å². The molecule has 0 saturated carbocycles. The second-order valence-electron chi connectivity index (χ2n) is 4.58. The van der Waals surface area contributed by atoms with Crippen molar-refractivity contribution >= 4 is 17.6 Å². The zero-order chi connectivity index (χ0) is 13.9. The van der Waals surface area contributed by atoms with Gasteiger partial charge in [-0.1, -0.05) is 0 Å². The number of hydrogen-bond acceptors (Lipinski definition) is 5. The largest absolute Gasteiger partial charge is 0.450 e. The zero-order valence-corrected chi connectivity index (χ0v) is 11.4. The Balaban J connectivity index is 1.72. The van der Waals surface area contributed by atoms with Crippen LogP contribution in [0.15, 0.2) is 24.5 Å². The van der Waals surface area contributed by atoms with E-state index in [2.05, 4.69) is 15.0 Å². The van der Waals surface area contributed by atoms with Gasteiger partial charge in [-0.05, 0) is 13.0 Å². The maximum atomic E-state index is 11.7. The molecule has 0 aliphatic carbocycles. The number of rotatable bonds is 2. The van der Waals surface area contributed by atoms with Crippen LogP contribution in [0, 0.1) is 0 Å². The maximum Gasteiger partial charge on any atom is 0.409 e. The minimum atomic E-state index is -0.230. The summed E-state index contributed by atoms with van der Waals surface area (Å²) in [6.07, 6.45) is 3.29. The predicted molar refractivity (Wildman–Crippen MR) is 73.8 cm³/mol. The van der Waals surface area contributed by atoms with Crippen molar-refractivity contribution in [2.45, 2.75) is 6.92 Å². The molecule has 1 aliphatic heterocycles. The lowest BCUT2D eigenvalue weighted by atomic mass is 10.3. The molecule has 106 valence electrons. The lowest BCUT2D eigenvalue weighted by Crippen LogP contribution is -2.49. The normalized spacial score (nSPS) is 15.7. The first-order valence-electron chi connectivity index (χ1n) is 6.75. The van der Waals surface area contributed by atoms with Crippen molar-refractivity contribution in [3.05, 3.63) is 24.5 Å². The second kappa shape index (κ2) is 5.36. The van der Waals surface area contributed by atoms with Crippen LogP contribution in [0.1, 0.15) is 6.92 Å². The van der Waals surface area contributed by atoms with Crippen molar-refractivity contribution in [1.29, 1.82) is 0 Å². The van der Waals surface area contributed by atoms with Gasteiger partial charge in [-0.3, -0.25) is 0 Å². The summed E-state index contributed by atoms with van der Waals surface area (Å²) in [5, 5.41) is 4.28. The molecule has 7 nitrogen and oxygen atoms in total. The molecule has 0 bridgehead atoms. The first-order chi connectivity index (χ1) is 9.79. The van der Waals surface area contributed by atoms with E-state index in [1.54, 1.807) is 17.3 Å². The van der Waals surface area contributed by atoms with Gasteiger partial charge >= 0.3 is 6.09 Å². The van der Waals surface area contributed by atoms with Crippen LogP contribution in [0.25, 0.3) is 5.65 Å². The van der Waals surface area contributed by atoms with E-state index >= 15 is 0 Å². The highest BCUT2D eigenvalue weighted by Crippen LogP contribution is 2.16. The summed E-state index contributed by atoms with van der Waals surface area (Å²) in [6.45, 7) is 5.07. The van der Waals surface area contributed by atoms with Crippen molar-refractivity contribution in [3.63, 3.8) is 0 Å². The summed E-state index contributed by atoms with van der Waals surface area (Å²) < 4.78 is 6.84. The molecule has 0 aromatic carbocycles. The highest BCUT2D eigenvalue weighted by molar-refractivity contribution is 5.68. The van der Waals surface area contributed by atoms with Crippen molar-refractivity contribution in [1.82, 2.24) is 19.5 Å². The van der Waals surface area contributed by atoms with E-state index in [1.807, 2.05) is 23.6 Å². The number of hydrogen-bond donors (Lipinski definition) is 0. The molecule has 0 atom stereocenters. The molecule has 0 spiro atoms. The van der Waals surface area contributed by atoms with Gasteiger partial charge in [0.1, 0.15) is 5.82 Å². The highest BCUT2D eigenvalue weighted by atomic mass is 16.6. The molecule has 3 rings (SSSR count). The summed E-state index contributed by atoms with van der Waals surface area (Å²) >= 11 is 0. The monoisotopic (exact) mass is 275 g/mol. The summed E-state index contributed by atoms with van der Waals surface area (Å²) in [6, 6.07) is 3.82. The van der Waals surface area contributed by atoms with Gasteiger partial charge in [0, 0.05) is 38.4 Å². The first kappa shape index (κ1) is 12.7. The Kier molecular flexibility index (Phi) is 3.41. The molecule has 0 N–H and O–H groups in total. The third-order valence-corrected chi connectivity index (χ3v) is 3.40. The number of nitrogens with zero attached hydrogens (tertiary/aromatic N) is 5. The fraction of sp³-hybridized carbons (Fsp3) is 0.462. The molecule has 1 saturated heterocycles. The molecule has 2 aromatic heterocycles. The third-order valence-electron chi connectivity index (χ3n) is 3.40. The van der Waals surface area contributed by atoms with Gasteiger partial charge in [-0.2, -0.15) is 9.61 Å². The van der Waals surface area contributed by atoms with Gasteiger partial charge in [-0.25, -0.2) is 9.78 Å². The van der Waals surface area contributed by atoms with E-state index in [4.69, 9.17) is 4.74 Å². The minimum absolute atomic E-state index is 0.230. The quantitative estimate of drug-likeness (QED) is 0.818. The summed E-state index contributed by atoms with van der Waals surface area (Å²) in [5.41, 5.74) is 0.829. The Morgan fingerprint density at radius 3 is 2.80 bits per heavy atom. The van der Waals surface area contributed by atoms with Crippen molar-refractivity contribution in [2.75, 3.05) is 37.7 Å². The average molecular weight is 275 g/mol. The molecule has 0 radical (unpaired) electrons. The minimum Gasteiger partial charge on any atom is -0.450 e. The lowest BCUT2D eigenvalue weighted by molar-refractivity contribution is 0.105. The zero-order valence-electron chi connectivity index (χ0n) is 11.4. The van der Waals surface area contributed by atoms with Crippen LogP contribution in [0.3, 0.4) is 0 Å². The topological polar surface area (TPSA) is 63.0 Å². The molecule has 3 heterocycles. The standard InChI is InChI=1S/C13H17N5O2/c1-2-20-13(19)17-9-7-16(8-10-17)12-4-5-14-11-3-6-15-18(11)12/h3-6H,2,7-10H2,1H3. The molecule has 7 heteroatoms. The summed E-state index contributed by atoms with van der Waals surface area (Å²) in [5.74, 6) is 1.00. The number of carbonyl (C=O) groups is 1. The molecule has 0 unspecified atom stereocenters. The summed E-state index contributed by atoms with van der Waals surface area (Å²) in [7, 11) is 0. The molecule has 20 heavy (non-hydrogen) atoms. The van der Waals surface area contributed by atoms with Crippen molar-refractivity contribution in [3.8, 4) is 0 Å². The van der Waals surface area contributed by atoms with Crippen LogP contribution in [-0.4, -0.2) is 58.4 Å². The van der Waals surface area contributed by atoms with Crippen LogP contribution in [0.4, 0.5) is 10.6 Å². The Bertz CT molecular complexity index is 604. The fourth-order valence-electron chi connectivity index (χ4n) is 2.39. The van der Waals surface area contributed by atoms with Crippen LogP contribution in [0.5, 0.6) is 0 Å². The Morgan fingerprint density at radius 2 is 2.05 bits per heavy atom. The lowest BCUT2D eigenvalue weighted by Gasteiger charge is -2.35. The Hall–Kier alpha value is -2.31. The SMILES string of the molecule is CCOC(=O)N1CCN(c2ccnc3ccnn23)CC1. The number of ether oxygens (including phenoxy) is 1. The molecule has 2 aromatic rings. The van der Waals surface area contributed by atoms with E-state index in [0.717, 1.165) is 24.6 Å². The van der Waals surface area contributed by atoms with Crippen molar-refractivity contribution < 1.29 is 9.53 Å². The number of amides is 1. The molecular weight excluding hydrogens is 258 g/mol. The van der Waals surface area contributed by atoms with Crippen LogP contribution >= 0.6 is 0 Å². The number of fused-ring (bicyclic) bond motifs is 1. The van der Waals surface area contributed by atoms with Gasteiger partial charge in [0.25, 0.3) is 0 Å². The fourth-order valence-corrected chi connectivity index (χ4v) is 2.39. The molecule has 1 aliphatic rings. The smallest absolute Gasteiger partial charge is 0.409 e. The number of piperazine rings is 1. The highest BCUT2D eigenvalue weighted by Gasteiger charge is 2.23. The molecule has 1 fully saturated rings. The van der Waals surface area contributed by atoms with Crippen LogP contribution < -0.4 is 4.90 Å². The number of carbonyl (C=O) groups excluding carboxylic acids is 1. The van der Waals surface area contributed by atoms with Crippen LogP contribution in [0.2, 0.25) is 0 Å². The average Bonchev–Trinajstić information content (AvgIpc) is 2.96. The van der Waals surface area contributed by atoms with Gasteiger partial charge in [0.05, 0.1) is 12.8 Å². The number of anilines is 1. The van der Waals surface area contributed by atoms with Gasteiger partial charge in [-0.15, -0.1) is 0 Å². The predicted octanol–water partition coefficient (Wildman–Crippen LogP) is 1.01. The molecular formula is C13H17N5O2. The van der Waals surface area contributed by atoms with Crippen LogP contribution in [-0.2, 0) is 4.74 Å². The maximum absolute atomic E-state index is 11.7. The van der Waals surface area contributed by atoms with E-state index in [-0.39, 0.29) is 6.09 Å². The van der Waals surface area contributed by atoms with E-state index in [0.29, 0.717) is 19.7 Å². The van der Waals surface area contributed by atoms with E-state index in [1.165, 1.54) is 0 Å². The Labute approximate surface area is 116 Å². The number of aromatic nitrogens is 3. The Morgan fingerprint density at radius 1 is 1.25 bits per heavy atom. The van der Waals surface area contributed by atoms with Crippen molar-refractivity contribution in [2.24, 2.45) is 0 Å².